The van der Waals surface area contributed by atoms with Crippen LogP contribution in [0.3, 0.4) is 0 Å². The minimum Gasteiger partial charge on any atom is -0.479 e. The van der Waals surface area contributed by atoms with E-state index in [1.54, 1.807) is 19.1 Å². The van der Waals surface area contributed by atoms with E-state index in [0.29, 0.717) is 10.8 Å². The molecular weight excluding hydrogens is 310 g/mol. The van der Waals surface area contributed by atoms with Crippen LogP contribution in [0.25, 0.3) is 0 Å². The van der Waals surface area contributed by atoms with Crippen LogP contribution in [0.2, 0.25) is 5.02 Å². The van der Waals surface area contributed by atoms with Crippen molar-refractivity contribution in [1.29, 1.82) is 0 Å². The molecule has 0 aliphatic rings. The number of carbonyl (C=O) groups is 1. The number of rotatable bonds is 6. The van der Waals surface area contributed by atoms with Gasteiger partial charge in [-0.25, -0.2) is 0 Å². The monoisotopic (exact) mass is 331 g/mol. The van der Waals surface area contributed by atoms with Crippen LogP contribution in [0.4, 0.5) is 0 Å². The van der Waals surface area contributed by atoms with Gasteiger partial charge in [0.1, 0.15) is 5.75 Å². The largest absolute Gasteiger partial charge is 0.479 e. The molecule has 0 heterocycles. The Kier molecular flexibility index (Phi) is 6.05. The number of aryl methyl sites for hydroxylation is 1. The second-order valence-corrected chi connectivity index (χ2v) is 5.98. The van der Waals surface area contributed by atoms with Gasteiger partial charge in [-0.05, 0) is 38.0 Å². The number of halogens is 1. The lowest BCUT2D eigenvalue weighted by atomic mass is 10.0. The van der Waals surface area contributed by atoms with Gasteiger partial charge in [-0.3, -0.25) is 4.79 Å². The average molecular weight is 332 g/mol. The van der Waals surface area contributed by atoms with Crippen molar-refractivity contribution in [3.63, 3.8) is 0 Å². The van der Waals surface area contributed by atoms with Crippen LogP contribution >= 0.6 is 11.6 Å². The first-order valence-electron chi connectivity index (χ1n) is 7.79. The summed E-state index contributed by atoms with van der Waals surface area (Å²) in [6.07, 6.45) is 0.197. The van der Waals surface area contributed by atoms with Gasteiger partial charge < -0.3 is 10.1 Å². The van der Waals surface area contributed by atoms with Crippen molar-refractivity contribution in [1.82, 2.24) is 5.32 Å². The van der Waals surface area contributed by atoms with Crippen molar-refractivity contribution in [2.45, 2.75) is 39.3 Å². The summed E-state index contributed by atoms with van der Waals surface area (Å²) >= 11 is 6.06. The predicted molar refractivity (Wildman–Crippen MR) is 93.9 cm³/mol. The number of para-hydroxylation sites is 1. The maximum Gasteiger partial charge on any atom is 0.261 e. The molecule has 0 aromatic heterocycles. The average Bonchev–Trinajstić information content (AvgIpc) is 2.55. The fraction of sp³-hybridized carbons (Fsp3) is 0.316. The van der Waals surface area contributed by atoms with Gasteiger partial charge in [-0.15, -0.1) is 0 Å². The number of hydrogen-bond acceptors (Lipinski definition) is 2. The van der Waals surface area contributed by atoms with Crippen molar-refractivity contribution in [3.05, 3.63) is 64.7 Å². The fourth-order valence-electron chi connectivity index (χ4n) is 2.29. The lowest BCUT2D eigenvalue weighted by Gasteiger charge is -2.21. The quantitative estimate of drug-likeness (QED) is 0.834. The van der Waals surface area contributed by atoms with Crippen LogP contribution < -0.4 is 10.1 Å². The molecule has 0 fully saturated rings. The van der Waals surface area contributed by atoms with Gasteiger partial charge in [0.15, 0.2) is 6.10 Å². The van der Waals surface area contributed by atoms with E-state index in [1.807, 2.05) is 50.2 Å². The summed E-state index contributed by atoms with van der Waals surface area (Å²) in [7, 11) is 0. The zero-order valence-corrected chi connectivity index (χ0v) is 14.4. The Morgan fingerprint density at radius 1 is 1.17 bits per heavy atom. The molecule has 0 aliphatic carbocycles. The van der Waals surface area contributed by atoms with Crippen LogP contribution in [0.5, 0.6) is 5.75 Å². The van der Waals surface area contributed by atoms with E-state index in [4.69, 9.17) is 16.3 Å². The van der Waals surface area contributed by atoms with Crippen LogP contribution in [0.1, 0.15) is 37.4 Å². The van der Waals surface area contributed by atoms with Gasteiger partial charge in [0.25, 0.3) is 5.91 Å². The molecule has 0 aliphatic heterocycles. The van der Waals surface area contributed by atoms with Gasteiger partial charge >= 0.3 is 0 Å². The van der Waals surface area contributed by atoms with Crippen LogP contribution in [-0.2, 0) is 4.79 Å². The molecule has 3 nitrogen and oxygen atoms in total. The van der Waals surface area contributed by atoms with Gasteiger partial charge in [-0.1, -0.05) is 60.5 Å². The molecule has 0 unspecified atom stereocenters. The highest BCUT2D eigenvalue weighted by atomic mass is 35.5. The Morgan fingerprint density at radius 2 is 1.83 bits per heavy atom. The third-order valence-electron chi connectivity index (χ3n) is 3.71. The summed E-state index contributed by atoms with van der Waals surface area (Å²) in [6.45, 7) is 5.81. The van der Waals surface area contributed by atoms with Crippen molar-refractivity contribution in [3.8, 4) is 5.75 Å². The van der Waals surface area contributed by atoms with Crippen molar-refractivity contribution < 1.29 is 9.53 Å². The second-order valence-electron chi connectivity index (χ2n) is 5.57. The molecule has 0 spiro atoms. The molecule has 2 atom stereocenters. The number of amides is 1. The Hall–Kier alpha value is -2.00. The number of benzene rings is 2. The first-order chi connectivity index (χ1) is 11.0. The Bertz CT molecular complexity index is 655. The third-order valence-corrected chi connectivity index (χ3v) is 4.03. The van der Waals surface area contributed by atoms with Gasteiger partial charge in [-0.2, -0.15) is 0 Å². The molecular formula is C19H22ClNO2. The minimum absolute atomic E-state index is 0.0274. The van der Waals surface area contributed by atoms with Gasteiger partial charge in [0.05, 0.1) is 11.1 Å². The number of carbonyl (C=O) groups excluding carboxylic acids is 1. The van der Waals surface area contributed by atoms with E-state index in [9.17, 15) is 4.79 Å². The lowest BCUT2D eigenvalue weighted by molar-refractivity contribution is -0.128. The molecule has 0 bridgehead atoms. The highest BCUT2D eigenvalue weighted by molar-refractivity contribution is 6.32. The van der Waals surface area contributed by atoms with E-state index < -0.39 is 6.10 Å². The summed E-state index contributed by atoms with van der Waals surface area (Å²) in [5.74, 6) is 0.359. The van der Waals surface area contributed by atoms with E-state index in [-0.39, 0.29) is 11.9 Å². The van der Waals surface area contributed by atoms with Crippen LogP contribution in [0.15, 0.2) is 48.5 Å². The molecule has 2 rings (SSSR count). The molecule has 0 saturated carbocycles. The summed E-state index contributed by atoms with van der Waals surface area (Å²) in [6, 6.07) is 15.3. The SMILES string of the molecule is CC[C@H](NC(=O)[C@@H](C)Oc1ccccc1Cl)c1ccc(C)cc1. The lowest BCUT2D eigenvalue weighted by Crippen LogP contribution is -2.38. The Labute approximate surface area is 142 Å². The Balaban J connectivity index is 2.01. The van der Waals surface area contributed by atoms with Crippen LogP contribution in [0, 0.1) is 6.92 Å². The van der Waals surface area contributed by atoms with E-state index in [2.05, 4.69) is 5.32 Å². The summed E-state index contributed by atoms with van der Waals surface area (Å²) < 4.78 is 5.66. The molecule has 2 aromatic rings. The molecule has 1 N–H and O–H groups in total. The zero-order valence-electron chi connectivity index (χ0n) is 13.7. The highest BCUT2D eigenvalue weighted by Gasteiger charge is 2.20. The highest BCUT2D eigenvalue weighted by Crippen LogP contribution is 2.24. The molecule has 23 heavy (non-hydrogen) atoms. The van der Waals surface area contributed by atoms with E-state index >= 15 is 0 Å². The number of nitrogens with one attached hydrogen (secondary N) is 1. The molecule has 2 aromatic carbocycles. The second kappa shape index (κ2) is 8.02. The van der Waals surface area contributed by atoms with E-state index in [1.165, 1.54) is 5.56 Å². The number of hydrogen-bond donors (Lipinski definition) is 1. The third kappa shape index (κ3) is 4.73. The molecule has 4 heteroatoms. The smallest absolute Gasteiger partial charge is 0.261 e. The molecule has 1 amide bonds. The number of ether oxygens (including phenoxy) is 1. The first-order valence-corrected chi connectivity index (χ1v) is 8.17. The predicted octanol–water partition coefficient (Wildman–Crippen LogP) is 4.68. The topological polar surface area (TPSA) is 38.3 Å². The van der Waals surface area contributed by atoms with Crippen molar-refractivity contribution in [2.75, 3.05) is 0 Å². The van der Waals surface area contributed by atoms with Gasteiger partial charge in [0.2, 0.25) is 0 Å². The normalized spacial score (nSPS) is 13.2. The van der Waals surface area contributed by atoms with Crippen LogP contribution in [-0.4, -0.2) is 12.0 Å². The fourth-order valence-corrected chi connectivity index (χ4v) is 2.47. The summed E-state index contributed by atoms with van der Waals surface area (Å²) in [4.78, 5) is 12.4. The van der Waals surface area contributed by atoms with Crippen molar-refractivity contribution in [2.24, 2.45) is 0 Å². The minimum atomic E-state index is -0.616. The molecule has 122 valence electrons. The van der Waals surface area contributed by atoms with E-state index in [0.717, 1.165) is 12.0 Å². The van der Waals surface area contributed by atoms with Crippen molar-refractivity contribution >= 4 is 17.5 Å². The molecule has 0 radical (unpaired) electrons. The Morgan fingerprint density at radius 3 is 2.43 bits per heavy atom. The maximum atomic E-state index is 12.4. The maximum absolute atomic E-state index is 12.4. The molecule has 0 saturated heterocycles. The summed E-state index contributed by atoms with van der Waals surface area (Å²) in [5, 5.41) is 3.53. The standard InChI is InChI=1S/C19H22ClNO2/c1-4-17(15-11-9-13(2)10-12-15)21-19(22)14(3)23-18-8-6-5-7-16(18)20/h5-12,14,17H,4H2,1-3H3,(H,21,22)/t14-,17+/m1/s1. The van der Waals surface area contributed by atoms with Gasteiger partial charge in [0, 0.05) is 0 Å². The summed E-state index contributed by atoms with van der Waals surface area (Å²) in [5.41, 5.74) is 2.29. The first kappa shape index (κ1) is 17.4. The zero-order chi connectivity index (χ0) is 16.8.